The molecule has 0 saturated carbocycles. The Bertz CT molecular complexity index is 530. The lowest BCUT2D eigenvalue weighted by Crippen LogP contribution is -2.11. The molecule has 80 valence electrons. The van der Waals surface area contributed by atoms with E-state index < -0.39 is 0 Å². The largest absolute Gasteiger partial charge is 0.280 e. The third kappa shape index (κ3) is 1.64. The van der Waals surface area contributed by atoms with Crippen LogP contribution < -0.4 is 4.42 Å². The van der Waals surface area contributed by atoms with Crippen molar-refractivity contribution in [2.75, 3.05) is 11.0 Å². The van der Waals surface area contributed by atoms with Gasteiger partial charge in [0.15, 0.2) is 0 Å². The van der Waals surface area contributed by atoms with Gasteiger partial charge in [-0.25, -0.2) is 0 Å². The Kier molecular flexibility index (Phi) is 2.46. The van der Waals surface area contributed by atoms with Crippen molar-refractivity contribution in [3.63, 3.8) is 0 Å². The predicted octanol–water partition coefficient (Wildman–Crippen LogP) is 4.40. The van der Waals surface area contributed by atoms with E-state index in [1.54, 1.807) is 15.8 Å². The number of benzene rings is 1. The second-order valence-electron chi connectivity index (χ2n) is 3.67. The Hall–Kier alpha value is -1.25. The number of hydrogen-bond donors (Lipinski definition) is 0. The van der Waals surface area contributed by atoms with E-state index >= 15 is 0 Å². The second kappa shape index (κ2) is 3.96. The summed E-state index contributed by atoms with van der Waals surface area (Å²) in [4.78, 5) is 2.50. The first-order valence-corrected chi connectivity index (χ1v) is 6.29. The molecule has 1 aliphatic rings. The Balaban J connectivity index is 2.09. The molecule has 0 fully saturated rings. The fourth-order valence-electron chi connectivity index (χ4n) is 1.80. The molecule has 0 radical (unpaired) electrons. The van der Waals surface area contributed by atoms with Crippen LogP contribution in [0.4, 0.5) is 5.69 Å². The van der Waals surface area contributed by atoms with Gasteiger partial charge in [0, 0.05) is 16.7 Å². The summed E-state index contributed by atoms with van der Waals surface area (Å²) in [5.74, 6) is 0. The number of halogens is 1. The zero-order valence-electron chi connectivity index (χ0n) is 8.56. The van der Waals surface area contributed by atoms with Gasteiger partial charge in [-0.05, 0) is 17.7 Å². The molecule has 0 atom stereocenters. The average molecular weight is 248 g/mol. The van der Waals surface area contributed by atoms with E-state index in [1.165, 1.54) is 15.3 Å². The van der Waals surface area contributed by atoms with Crippen molar-refractivity contribution < 1.29 is 0 Å². The molecule has 1 aromatic heterocycles. The molecule has 3 heteroatoms. The number of rotatable bonds is 1. The highest BCUT2D eigenvalue weighted by molar-refractivity contribution is 7.17. The van der Waals surface area contributed by atoms with E-state index in [4.69, 9.17) is 11.8 Å². The summed E-state index contributed by atoms with van der Waals surface area (Å²) in [6.45, 7) is 0.777. The molecule has 16 heavy (non-hydrogen) atoms. The number of nitrogens with zero attached hydrogens (tertiary/aromatic N) is 1. The Morgan fingerprint density at radius 2 is 2.00 bits per heavy atom. The average Bonchev–Trinajstić information content (AvgIpc) is 2.76. The van der Waals surface area contributed by atoms with Crippen molar-refractivity contribution >= 4 is 34.9 Å². The number of fused-ring (bicyclic) bond motifs is 1. The van der Waals surface area contributed by atoms with Crippen LogP contribution in [0.25, 0.3) is 16.5 Å². The Morgan fingerprint density at radius 3 is 2.75 bits per heavy atom. The molecule has 0 saturated heterocycles. The predicted molar refractivity (Wildman–Crippen MR) is 72.0 cm³/mol. The smallest absolute Gasteiger partial charge is 0.0713 e. The maximum Gasteiger partial charge on any atom is 0.0713 e. The van der Waals surface area contributed by atoms with Gasteiger partial charge in [-0.1, -0.05) is 36.4 Å². The molecule has 2 heterocycles. The fourth-order valence-corrected chi connectivity index (χ4v) is 3.17. The van der Waals surface area contributed by atoms with E-state index in [0.29, 0.717) is 0 Å². The summed E-state index contributed by atoms with van der Waals surface area (Å²) in [5.41, 5.74) is 2.37. The lowest BCUT2D eigenvalue weighted by molar-refractivity contribution is 1.19. The summed E-state index contributed by atoms with van der Waals surface area (Å²) < 4.78 is 1.76. The fraction of sp³-hybridized carbons (Fsp3) is 0.0769. The third-order valence-electron chi connectivity index (χ3n) is 2.59. The van der Waals surface area contributed by atoms with Gasteiger partial charge in [-0.2, -0.15) is 0 Å². The zero-order valence-corrected chi connectivity index (χ0v) is 10.1. The van der Waals surface area contributed by atoms with E-state index in [-0.39, 0.29) is 0 Å². The first-order valence-electron chi connectivity index (χ1n) is 5.14. The van der Waals surface area contributed by atoms with Gasteiger partial charge in [-0.15, -0.1) is 11.3 Å². The summed E-state index contributed by atoms with van der Waals surface area (Å²) in [6.07, 6.45) is 4.23. The lowest BCUT2D eigenvalue weighted by atomic mass is 10.2. The molecule has 1 aliphatic heterocycles. The van der Waals surface area contributed by atoms with Crippen LogP contribution in [-0.4, -0.2) is 6.54 Å². The summed E-state index contributed by atoms with van der Waals surface area (Å²) >= 11 is 7.92. The van der Waals surface area contributed by atoms with E-state index in [9.17, 15) is 0 Å². The highest BCUT2D eigenvalue weighted by Crippen LogP contribution is 2.39. The van der Waals surface area contributed by atoms with Crippen LogP contribution in [0.5, 0.6) is 0 Å². The van der Waals surface area contributed by atoms with Crippen molar-refractivity contribution in [3.8, 4) is 10.4 Å². The maximum atomic E-state index is 6.14. The van der Waals surface area contributed by atoms with Crippen LogP contribution in [-0.2, 0) is 0 Å². The minimum atomic E-state index is 0.777. The molecule has 3 rings (SSSR count). The normalized spacial score (nSPS) is 13.9. The number of hydrogen-bond acceptors (Lipinski definition) is 2. The van der Waals surface area contributed by atoms with Crippen molar-refractivity contribution in [3.05, 3.63) is 47.4 Å². The minimum absolute atomic E-state index is 0.777. The molecule has 0 spiro atoms. The molecule has 2 aromatic rings. The van der Waals surface area contributed by atoms with Crippen LogP contribution in [0.15, 0.2) is 42.5 Å². The highest BCUT2D eigenvalue weighted by Gasteiger charge is 2.15. The Labute approximate surface area is 104 Å². The first kappa shape index (κ1) is 9.94. The zero-order chi connectivity index (χ0) is 11.0. The SMILES string of the molecule is ClN1CC=Cc2sc(-c3ccccc3)cc21. The van der Waals surface area contributed by atoms with E-state index in [0.717, 1.165) is 12.2 Å². The van der Waals surface area contributed by atoms with E-state index in [2.05, 4.69) is 42.5 Å². The van der Waals surface area contributed by atoms with Crippen molar-refractivity contribution in [1.29, 1.82) is 0 Å². The summed E-state index contributed by atoms with van der Waals surface area (Å²) in [7, 11) is 0. The van der Waals surface area contributed by atoms with Crippen molar-refractivity contribution in [1.82, 2.24) is 0 Å². The molecule has 0 N–H and O–H groups in total. The second-order valence-corrected chi connectivity index (χ2v) is 5.17. The van der Waals surface area contributed by atoms with Crippen LogP contribution in [0.2, 0.25) is 0 Å². The molecule has 0 bridgehead atoms. The quantitative estimate of drug-likeness (QED) is 0.675. The van der Waals surface area contributed by atoms with Crippen molar-refractivity contribution in [2.45, 2.75) is 0 Å². The summed E-state index contributed by atoms with van der Waals surface area (Å²) in [5, 5.41) is 0. The monoisotopic (exact) mass is 247 g/mol. The molecule has 0 aliphatic carbocycles. The topological polar surface area (TPSA) is 3.24 Å². The van der Waals surface area contributed by atoms with Crippen molar-refractivity contribution in [2.24, 2.45) is 0 Å². The molecule has 0 unspecified atom stereocenters. The van der Waals surface area contributed by atoms with Gasteiger partial charge in [0.2, 0.25) is 0 Å². The van der Waals surface area contributed by atoms with Gasteiger partial charge >= 0.3 is 0 Å². The van der Waals surface area contributed by atoms with Gasteiger partial charge in [-0.3, -0.25) is 4.42 Å². The van der Waals surface area contributed by atoms with Crippen LogP contribution in [0, 0.1) is 0 Å². The van der Waals surface area contributed by atoms with Gasteiger partial charge < -0.3 is 0 Å². The molecular formula is C13H10ClNS. The maximum absolute atomic E-state index is 6.14. The number of anilines is 1. The highest BCUT2D eigenvalue weighted by atomic mass is 35.5. The third-order valence-corrected chi connectivity index (χ3v) is 4.05. The molecule has 1 aromatic carbocycles. The van der Waals surface area contributed by atoms with Crippen LogP contribution >= 0.6 is 23.1 Å². The van der Waals surface area contributed by atoms with Crippen LogP contribution in [0.1, 0.15) is 4.88 Å². The molecular weight excluding hydrogens is 238 g/mol. The summed E-state index contributed by atoms with van der Waals surface area (Å²) in [6, 6.07) is 12.6. The van der Waals surface area contributed by atoms with Gasteiger partial charge in [0.05, 0.1) is 17.1 Å². The Morgan fingerprint density at radius 1 is 1.19 bits per heavy atom. The van der Waals surface area contributed by atoms with Gasteiger partial charge in [0.1, 0.15) is 0 Å². The standard InChI is InChI=1S/C13H10ClNS/c14-15-8-4-7-12-11(15)9-13(16-12)10-5-2-1-3-6-10/h1-7,9H,8H2. The molecule has 1 nitrogen and oxygen atoms in total. The molecule has 0 amide bonds. The lowest BCUT2D eigenvalue weighted by Gasteiger charge is -2.16. The number of thiophene rings is 1. The first-order chi connectivity index (χ1) is 7.84. The van der Waals surface area contributed by atoms with Crippen LogP contribution in [0.3, 0.4) is 0 Å². The van der Waals surface area contributed by atoms with E-state index in [1.807, 2.05) is 6.07 Å². The minimum Gasteiger partial charge on any atom is -0.280 e. The van der Waals surface area contributed by atoms with Gasteiger partial charge in [0.25, 0.3) is 0 Å².